The minimum absolute atomic E-state index is 1.07. The molecule has 0 saturated carbocycles. The van der Waals surface area contributed by atoms with Crippen LogP contribution in [0.3, 0.4) is 0 Å². The van der Waals surface area contributed by atoms with Crippen molar-refractivity contribution in [1.29, 1.82) is 0 Å². The molecule has 0 saturated heterocycles. The second-order valence-electron chi connectivity index (χ2n) is 12.9. The van der Waals surface area contributed by atoms with Crippen molar-refractivity contribution in [3.05, 3.63) is 175 Å². The minimum atomic E-state index is 1.07. The van der Waals surface area contributed by atoms with Crippen LogP contribution in [0.5, 0.6) is 0 Å². The summed E-state index contributed by atoms with van der Waals surface area (Å²) in [5.74, 6) is 0. The predicted molar refractivity (Wildman–Crippen MR) is 211 cm³/mol. The SMILES string of the molecule is C1=Cc2c(c3ccc4cc(N(c5cccc(-c6ccccc6)c5)c5ccc6c(c5)sc5ccccc56)ccc4c3n2-c2ccccc2)CC1. The van der Waals surface area contributed by atoms with Gasteiger partial charge in [-0.05, 0) is 95.6 Å². The molecule has 1 aliphatic rings. The van der Waals surface area contributed by atoms with E-state index < -0.39 is 0 Å². The highest BCUT2D eigenvalue weighted by molar-refractivity contribution is 7.25. The maximum Gasteiger partial charge on any atom is 0.0616 e. The molecule has 49 heavy (non-hydrogen) atoms. The number of thiophene rings is 1. The number of nitrogens with zero attached hydrogens (tertiary/aromatic N) is 2. The Hall–Kier alpha value is -5.90. The average molecular weight is 645 g/mol. The van der Waals surface area contributed by atoms with Gasteiger partial charge in [-0.3, -0.25) is 0 Å². The van der Waals surface area contributed by atoms with E-state index in [-0.39, 0.29) is 0 Å². The van der Waals surface area contributed by atoms with Gasteiger partial charge in [0.1, 0.15) is 0 Å². The Bertz CT molecular complexity index is 2710. The second-order valence-corrected chi connectivity index (χ2v) is 14.0. The molecule has 0 unspecified atom stereocenters. The third kappa shape index (κ3) is 4.62. The quantitative estimate of drug-likeness (QED) is 0.181. The van der Waals surface area contributed by atoms with Crippen LogP contribution in [-0.2, 0) is 6.42 Å². The Labute approximate surface area is 289 Å². The summed E-state index contributed by atoms with van der Waals surface area (Å²) in [7, 11) is 0. The van der Waals surface area contributed by atoms with Crippen LogP contribution < -0.4 is 4.90 Å². The maximum atomic E-state index is 2.47. The molecule has 3 heteroatoms. The summed E-state index contributed by atoms with van der Waals surface area (Å²) in [6.45, 7) is 0. The van der Waals surface area contributed by atoms with Crippen molar-refractivity contribution in [2.24, 2.45) is 0 Å². The summed E-state index contributed by atoms with van der Waals surface area (Å²) in [5, 5.41) is 6.48. The van der Waals surface area contributed by atoms with E-state index >= 15 is 0 Å². The lowest BCUT2D eigenvalue weighted by atomic mass is 9.98. The van der Waals surface area contributed by atoms with Crippen molar-refractivity contribution in [1.82, 2.24) is 4.57 Å². The van der Waals surface area contributed by atoms with Crippen LogP contribution in [0, 0.1) is 0 Å². The zero-order valence-corrected chi connectivity index (χ0v) is 27.7. The van der Waals surface area contributed by atoms with Gasteiger partial charge in [0.15, 0.2) is 0 Å². The fraction of sp³-hybridized carbons (Fsp3) is 0.0435. The van der Waals surface area contributed by atoms with Crippen LogP contribution in [0.15, 0.2) is 164 Å². The van der Waals surface area contributed by atoms with Gasteiger partial charge in [0.2, 0.25) is 0 Å². The maximum absolute atomic E-state index is 2.47. The zero-order valence-electron chi connectivity index (χ0n) is 26.9. The standard InChI is InChI=1S/C46H32N2S/c1-3-12-31(13-4-1)32-14-11-17-35(28-32)47(37-24-27-41-40-19-8-10-21-44(40)49-45(41)30-37)36-23-26-38-33(29-36)22-25-42-39-18-7-9-20-43(39)48(46(38)42)34-15-5-2-6-16-34/h1-6,8-17,19-30H,7,18H2. The molecule has 0 spiro atoms. The zero-order chi connectivity index (χ0) is 32.3. The lowest BCUT2D eigenvalue weighted by Gasteiger charge is -2.26. The largest absolute Gasteiger partial charge is 0.310 e. The molecule has 0 fully saturated rings. The van der Waals surface area contributed by atoms with Gasteiger partial charge in [-0.1, -0.05) is 109 Å². The van der Waals surface area contributed by atoms with Crippen molar-refractivity contribution >= 4 is 76.3 Å². The molecular weight excluding hydrogens is 613 g/mol. The predicted octanol–water partition coefficient (Wildman–Crippen LogP) is 13.2. The molecule has 2 aromatic heterocycles. The first-order valence-electron chi connectivity index (χ1n) is 17.0. The van der Waals surface area contributed by atoms with E-state index in [0.29, 0.717) is 0 Å². The number of aromatic nitrogens is 1. The third-order valence-corrected chi connectivity index (χ3v) is 11.1. The van der Waals surface area contributed by atoms with Crippen molar-refractivity contribution in [3.8, 4) is 16.8 Å². The highest BCUT2D eigenvalue weighted by Gasteiger charge is 2.22. The molecule has 2 nitrogen and oxygen atoms in total. The highest BCUT2D eigenvalue weighted by atomic mass is 32.1. The van der Waals surface area contributed by atoms with Crippen LogP contribution in [0.4, 0.5) is 17.1 Å². The minimum Gasteiger partial charge on any atom is -0.310 e. The Kier molecular flexibility index (Phi) is 6.53. The van der Waals surface area contributed by atoms with Gasteiger partial charge in [-0.2, -0.15) is 0 Å². The molecule has 0 aliphatic heterocycles. The summed E-state index contributed by atoms with van der Waals surface area (Å²) in [6.07, 6.45) is 6.78. The highest BCUT2D eigenvalue weighted by Crippen LogP contribution is 2.44. The van der Waals surface area contributed by atoms with Gasteiger partial charge in [-0.15, -0.1) is 11.3 Å². The summed E-state index contributed by atoms with van der Waals surface area (Å²) in [5.41, 5.74) is 11.1. The van der Waals surface area contributed by atoms with Gasteiger partial charge in [-0.25, -0.2) is 0 Å². The van der Waals surface area contributed by atoms with Gasteiger partial charge in [0.05, 0.1) is 5.52 Å². The molecule has 0 N–H and O–H groups in total. The van der Waals surface area contributed by atoms with E-state index in [1.54, 1.807) is 0 Å². The third-order valence-electron chi connectivity index (χ3n) is 10.0. The summed E-state index contributed by atoms with van der Waals surface area (Å²) in [4.78, 5) is 2.42. The monoisotopic (exact) mass is 644 g/mol. The number of fused-ring (bicyclic) bond motifs is 8. The Morgan fingerprint density at radius 3 is 2.08 bits per heavy atom. The Morgan fingerprint density at radius 2 is 1.20 bits per heavy atom. The first-order valence-corrected chi connectivity index (χ1v) is 17.8. The van der Waals surface area contributed by atoms with E-state index in [2.05, 4.69) is 179 Å². The van der Waals surface area contributed by atoms with Crippen LogP contribution in [0.2, 0.25) is 0 Å². The van der Waals surface area contributed by atoms with E-state index in [4.69, 9.17) is 0 Å². The first-order chi connectivity index (χ1) is 24.3. The summed E-state index contributed by atoms with van der Waals surface area (Å²) in [6, 6.07) is 57.8. The Morgan fingerprint density at radius 1 is 0.510 bits per heavy atom. The molecule has 0 bridgehead atoms. The number of hydrogen-bond donors (Lipinski definition) is 0. The number of benzene rings is 7. The normalized spacial score (nSPS) is 12.7. The number of anilines is 3. The van der Waals surface area contributed by atoms with Crippen LogP contribution in [0.25, 0.3) is 64.7 Å². The van der Waals surface area contributed by atoms with Gasteiger partial charge in [0, 0.05) is 59.4 Å². The summed E-state index contributed by atoms with van der Waals surface area (Å²) >= 11 is 1.87. The van der Waals surface area contributed by atoms with E-state index in [0.717, 1.165) is 29.9 Å². The molecule has 0 radical (unpaired) electrons. The molecular formula is C46H32N2S. The number of rotatable bonds is 5. The van der Waals surface area contributed by atoms with Crippen LogP contribution in [0.1, 0.15) is 17.7 Å². The number of aryl methyl sites for hydroxylation is 1. The molecule has 0 amide bonds. The average Bonchev–Trinajstić information content (AvgIpc) is 3.71. The lowest BCUT2D eigenvalue weighted by Crippen LogP contribution is -2.10. The number of para-hydroxylation sites is 1. The van der Waals surface area contributed by atoms with Crippen molar-refractivity contribution < 1.29 is 0 Å². The molecule has 7 aromatic carbocycles. The van der Waals surface area contributed by atoms with E-state index in [1.807, 2.05) is 11.3 Å². The molecule has 10 rings (SSSR count). The molecule has 2 heterocycles. The van der Waals surface area contributed by atoms with Crippen molar-refractivity contribution in [2.75, 3.05) is 4.90 Å². The van der Waals surface area contributed by atoms with E-state index in [9.17, 15) is 0 Å². The van der Waals surface area contributed by atoms with Gasteiger partial charge in [0.25, 0.3) is 0 Å². The Balaban J connectivity index is 1.19. The first kappa shape index (κ1) is 28.1. The molecule has 232 valence electrons. The van der Waals surface area contributed by atoms with Crippen molar-refractivity contribution in [3.63, 3.8) is 0 Å². The number of hydrogen-bond acceptors (Lipinski definition) is 2. The van der Waals surface area contributed by atoms with Gasteiger partial charge >= 0.3 is 0 Å². The topological polar surface area (TPSA) is 8.17 Å². The van der Waals surface area contributed by atoms with Crippen LogP contribution in [-0.4, -0.2) is 4.57 Å². The van der Waals surface area contributed by atoms with Crippen molar-refractivity contribution in [2.45, 2.75) is 12.8 Å². The lowest BCUT2D eigenvalue weighted by molar-refractivity contribution is 0.968. The molecule has 9 aromatic rings. The fourth-order valence-corrected chi connectivity index (χ4v) is 8.92. The molecule has 0 atom stereocenters. The smallest absolute Gasteiger partial charge is 0.0616 e. The fourth-order valence-electron chi connectivity index (χ4n) is 7.78. The van der Waals surface area contributed by atoms with Crippen LogP contribution >= 0.6 is 11.3 Å². The van der Waals surface area contributed by atoms with E-state index in [1.165, 1.54) is 69.9 Å². The second kappa shape index (κ2) is 11.4. The summed E-state index contributed by atoms with van der Waals surface area (Å²) < 4.78 is 5.09. The van der Waals surface area contributed by atoms with Gasteiger partial charge < -0.3 is 9.47 Å². The molecule has 1 aliphatic carbocycles. The number of allylic oxidation sites excluding steroid dienone is 1.